The van der Waals surface area contributed by atoms with Crippen molar-refractivity contribution in [1.82, 2.24) is 29.8 Å². The average Bonchev–Trinajstić information content (AvgIpc) is 3.59. The average molecular weight is 543 g/mol. The maximum absolute atomic E-state index is 14.5. The van der Waals surface area contributed by atoms with E-state index in [1.54, 1.807) is 18.2 Å². The number of imidazole rings is 1. The number of halogens is 2. The summed E-state index contributed by atoms with van der Waals surface area (Å²) in [4.78, 5) is 26.9. The third kappa shape index (κ3) is 5.38. The van der Waals surface area contributed by atoms with Crippen LogP contribution in [0.5, 0.6) is 0 Å². The molecule has 0 aliphatic carbocycles. The Bertz CT molecular complexity index is 1660. The molecule has 2 heterocycles. The Kier molecular flexibility index (Phi) is 7.77. The summed E-state index contributed by atoms with van der Waals surface area (Å²) in [5.41, 5.74) is 2.41. The van der Waals surface area contributed by atoms with Crippen molar-refractivity contribution in [2.45, 2.75) is 39.7 Å². The first-order valence-electron chi connectivity index (χ1n) is 13.0. The molecule has 2 aromatic heterocycles. The van der Waals surface area contributed by atoms with Gasteiger partial charge >= 0.3 is 5.69 Å². The molecule has 0 radical (unpaired) electrons. The number of hydrogen-bond acceptors (Lipinski definition) is 5. The summed E-state index contributed by atoms with van der Waals surface area (Å²) < 4.78 is 30.9. The van der Waals surface area contributed by atoms with Crippen molar-refractivity contribution in [3.8, 4) is 22.5 Å². The van der Waals surface area contributed by atoms with Gasteiger partial charge in [0, 0.05) is 16.8 Å². The number of nitrogens with one attached hydrogen (secondary N) is 1. The molecule has 0 spiro atoms. The third-order valence-electron chi connectivity index (χ3n) is 6.81. The first kappa shape index (κ1) is 26.9. The van der Waals surface area contributed by atoms with Crippen LogP contribution in [0.15, 0.2) is 83.7 Å². The smallest absolute Gasteiger partial charge is 0.291 e. The van der Waals surface area contributed by atoms with Gasteiger partial charge in [-0.25, -0.2) is 23.2 Å². The van der Waals surface area contributed by atoms with E-state index in [1.165, 1.54) is 16.7 Å². The molecule has 5 aromatic rings. The number of hydrogen-bond donors (Lipinski definition) is 1. The molecule has 0 aliphatic rings. The zero-order valence-electron chi connectivity index (χ0n) is 22.1. The second-order valence-corrected chi connectivity index (χ2v) is 9.93. The van der Waals surface area contributed by atoms with Crippen LogP contribution < -0.4 is 5.69 Å². The van der Waals surface area contributed by atoms with E-state index in [1.807, 2.05) is 62.4 Å². The van der Waals surface area contributed by atoms with Gasteiger partial charge in [-0.15, -0.1) is 5.10 Å². The predicted octanol–water partition coefficient (Wildman–Crippen LogP) is 5.76. The molecule has 3 aromatic carbocycles. The first-order chi connectivity index (χ1) is 19.3. The molecule has 0 unspecified atom stereocenters. The van der Waals surface area contributed by atoms with Crippen LogP contribution in [0.1, 0.15) is 54.0 Å². The van der Waals surface area contributed by atoms with Gasteiger partial charge in [0.2, 0.25) is 0 Å². The maximum atomic E-state index is 14.5. The Morgan fingerprint density at radius 2 is 1.60 bits per heavy atom. The van der Waals surface area contributed by atoms with Crippen LogP contribution in [0, 0.1) is 5.92 Å². The van der Waals surface area contributed by atoms with Gasteiger partial charge in [-0.2, -0.15) is 0 Å². The summed E-state index contributed by atoms with van der Waals surface area (Å²) in [5.74, 6) is -0.00885. The lowest BCUT2D eigenvalue weighted by molar-refractivity contribution is 0.0913. The number of alkyl halides is 2. The predicted molar refractivity (Wildman–Crippen MR) is 147 cm³/mol. The van der Waals surface area contributed by atoms with Crippen molar-refractivity contribution in [2.24, 2.45) is 5.92 Å². The first-order valence-corrected chi connectivity index (χ1v) is 13.0. The van der Waals surface area contributed by atoms with Gasteiger partial charge in [0.1, 0.15) is 5.69 Å². The molecule has 0 amide bonds. The minimum Gasteiger partial charge on any atom is -0.291 e. The van der Waals surface area contributed by atoms with E-state index in [4.69, 9.17) is 0 Å². The number of carbonyl (C=O) groups excluding carboxylic acids is 1. The van der Waals surface area contributed by atoms with Gasteiger partial charge in [0.15, 0.2) is 5.82 Å². The lowest BCUT2D eigenvalue weighted by atomic mass is 9.98. The largest absolute Gasteiger partial charge is 0.336 e. The molecule has 40 heavy (non-hydrogen) atoms. The van der Waals surface area contributed by atoms with Gasteiger partial charge in [-0.3, -0.25) is 9.36 Å². The molecule has 0 aliphatic heterocycles. The molecular formula is C30H28F2N6O2. The van der Waals surface area contributed by atoms with Gasteiger partial charge < -0.3 is 0 Å². The summed E-state index contributed by atoms with van der Waals surface area (Å²) in [6.45, 7) is 4.03. The molecular weight excluding hydrogens is 514 g/mol. The van der Waals surface area contributed by atoms with Crippen molar-refractivity contribution in [3.05, 3.63) is 112 Å². The van der Waals surface area contributed by atoms with Crippen LogP contribution in [0.25, 0.3) is 22.5 Å². The van der Waals surface area contributed by atoms with Gasteiger partial charge in [-0.05, 0) is 58.0 Å². The SMILES string of the molecule is CC(C)CCc1c(C(F)F)n(C(=O)c2ccccc2)c(=O)n1Cc1ccc(-c2ccccc2-c2nnn[nH]2)cc1. The molecule has 10 heteroatoms. The van der Waals surface area contributed by atoms with Crippen molar-refractivity contribution < 1.29 is 13.6 Å². The van der Waals surface area contributed by atoms with E-state index in [0.717, 1.165) is 22.3 Å². The quantitative estimate of drug-likeness (QED) is 0.255. The Balaban J connectivity index is 1.54. The lowest BCUT2D eigenvalue weighted by Crippen LogP contribution is -2.31. The highest BCUT2D eigenvalue weighted by Gasteiger charge is 2.30. The molecule has 1 N–H and O–H groups in total. The minimum atomic E-state index is -2.99. The molecule has 0 atom stereocenters. The summed E-state index contributed by atoms with van der Waals surface area (Å²) >= 11 is 0. The highest BCUT2D eigenvalue weighted by Crippen LogP contribution is 2.30. The lowest BCUT2D eigenvalue weighted by Gasteiger charge is -2.12. The number of tetrazole rings is 1. The third-order valence-corrected chi connectivity index (χ3v) is 6.81. The second-order valence-electron chi connectivity index (χ2n) is 9.93. The number of nitrogens with zero attached hydrogens (tertiary/aromatic N) is 5. The molecule has 204 valence electrons. The van der Waals surface area contributed by atoms with Crippen LogP contribution in [-0.2, 0) is 13.0 Å². The van der Waals surface area contributed by atoms with Crippen LogP contribution >= 0.6 is 0 Å². The summed E-state index contributed by atoms with van der Waals surface area (Å²) in [6, 6.07) is 23.2. The summed E-state index contributed by atoms with van der Waals surface area (Å²) in [5, 5.41) is 14.1. The van der Waals surface area contributed by atoms with E-state index in [9.17, 15) is 18.4 Å². The van der Waals surface area contributed by atoms with Crippen molar-refractivity contribution >= 4 is 5.91 Å². The normalized spacial score (nSPS) is 11.4. The van der Waals surface area contributed by atoms with Crippen molar-refractivity contribution in [1.29, 1.82) is 0 Å². The van der Waals surface area contributed by atoms with Gasteiger partial charge in [0.25, 0.3) is 12.3 Å². The van der Waals surface area contributed by atoms with E-state index < -0.39 is 23.7 Å². The standard InChI is InChI=1S/C30H28F2N6O2/c1-19(2)12-17-25-26(27(31)32)38(29(39)22-8-4-3-5-9-22)30(40)37(25)18-20-13-15-21(16-14-20)23-10-6-7-11-24(23)28-33-35-36-34-28/h3-11,13-16,19,27H,12,17-18H2,1-2H3,(H,33,34,35,36). The fourth-order valence-corrected chi connectivity index (χ4v) is 4.77. The van der Waals surface area contributed by atoms with Crippen LogP contribution in [0.3, 0.4) is 0 Å². The molecule has 0 saturated heterocycles. The summed E-state index contributed by atoms with van der Waals surface area (Å²) in [6.07, 6.45) is -2.15. The molecule has 0 bridgehead atoms. The fourth-order valence-electron chi connectivity index (χ4n) is 4.77. The van der Waals surface area contributed by atoms with E-state index in [2.05, 4.69) is 20.6 Å². The molecule has 8 nitrogen and oxygen atoms in total. The van der Waals surface area contributed by atoms with E-state index >= 15 is 0 Å². The Hall–Kier alpha value is -4.73. The van der Waals surface area contributed by atoms with Crippen molar-refractivity contribution in [2.75, 3.05) is 0 Å². The monoisotopic (exact) mass is 542 g/mol. The van der Waals surface area contributed by atoms with E-state index in [0.29, 0.717) is 16.8 Å². The van der Waals surface area contributed by atoms with Gasteiger partial charge in [0.05, 0.1) is 6.54 Å². The van der Waals surface area contributed by atoms with Crippen molar-refractivity contribution in [3.63, 3.8) is 0 Å². The fraction of sp³-hybridized carbons (Fsp3) is 0.233. The topological polar surface area (TPSA) is 98.5 Å². The Morgan fingerprint density at radius 1 is 0.925 bits per heavy atom. The highest BCUT2D eigenvalue weighted by atomic mass is 19.3. The number of rotatable bonds is 9. The highest BCUT2D eigenvalue weighted by molar-refractivity contribution is 5.96. The van der Waals surface area contributed by atoms with Gasteiger partial charge in [-0.1, -0.05) is 80.6 Å². The molecule has 0 saturated carbocycles. The number of H-pyrrole nitrogens is 1. The number of carbonyl (C=O) groups is 1. The zero-order valence-corrected chi connectivity index (χ0v) is 22.1. The Morgan fingerprint density at radius 3 is 2.23 bits per heavy atom. The molecule has 0 fully saturated rings. The minimum absolute atomic E-state index is 0.0506. The van der Waals surface area contributed by atoms with E-state index in [-0.39, 0.29) is 30.1 Å². The second kappa shape index (κ2) is 11.6. The number of aromatic amines is 1. The maximum Gasteiger partial charge on any atom is 0.336 e. The van der Waals surface area contributed by atoms with Crippen LogP contribution in [-0.4, -0.2) is 35.7 Å². The number of benzene rings is 3. The molecule has 5 rings (SSSR count). The van der Waals surface area contributed by atoms with Crippen LogP contribution in [0.2, 0.25) is 0 Å². The number of aromatic nitrogens is 6. The Labute approximate surface area is 229 Å². The van der Waals surface area contributed by atoms with Crippen LogP contribution in [0.4, 0.5) is 8.78 Å². The summed E-state index contributed by atoms with van der Waals surface area (Å²) in [7, 11) is 0. The zero-order chi connectivity index (χ0) is 28.2.